The third kappa shape index (κ3) is 4.26. The summed E-state index contributed by atoms with van der Waals surface area (Å²) in [6, 6.07) is 5.96. The van der Waals surface area contributed by atoms with Gasteiger partial charge >= 0.3 is 0 Å². The predicted molar refractivity (Wildman–Crippen MR) is 123 cm³/mol. The summed E-state index contributed by atoms with van der Waals surface area (Å²) in [6.45, 7) is 5.34. The first-order valence-corrected chi connectivity index (χ1v) is 11.9. The van der Waals surface area contributed by atoms with Crippen molar-refractivity contribution >= 4 is 35.1 Å². The predicted octanol–water partition coefficient (Wildman–Crippen LogP) is 3.70. The molecular weight excluding hydrogens is 433 g/mol. The molecule has 1 aliphatic carbocycles. The van der Waals surface area contributed by atoms with Gasteiger partial charge in [-0.3, -0.25) is 9.69 Å². The number of fused-ring (bicyclic) bond motifs is 1. The highest BCUT2D eigenvalue weighted by molar-refractivity contribution is 6.39. The number of rotatable bonds is 3. The maximum absolute atomic E-state index is 13.1. The molecule has 0 bridgehead atoms. The molecule has 1 aromatic heterocycles. The van der Waals surface area contributed by atoms with Crippen LogP contribution >= 0.6 is 23.2 Å². The summed E-state index contributed by atoms with van der Waals surface area (Å²) in [6.07, 6.45) is 7.47. The minimum Gasteiger partial charge on any atom is -0.338 e. The van der Waals surface area contributed by atoms with E-state index < -0.39 is 0 Å². The SMILES string of the molecule is O=C(c1c(Cl)cccc1Cl)N1CCc2cnc(N3CCN(C4CCC4)CC3)nc2CC1. The zero-order chi connectivity index (χ0) is 21.4. The van der Waals surface area contributed by atoms with E-state index in [4.69, 9.17) is 28.2 Å². The van der Waals surface area contributed by atoms with Crippen LogP contribution in [0.4, 0.5) is 5.95 Å². The number of aromatic nitrogens is 2. The summed E-state index contributed by atoms with van der Waals surface area (Å²) in [5.41, 5.74) is 2.55. The number of nitrogens with zero attached hydrogens (tertiary/aromatic N) is 5. The van der Waals surface area contributed by atoms with Gasteiger partial charge in [0.2, 0.25) is 5.95 Å². The number of carbonyl (C=O) groups excluding carboxylic acids is 1. The third-order valence-electron chi connectivity index (χ3n) is 6.86. The lowest BCUT2D eigenvalue weighted by Gasteiger charge is -2.43. The van der Waals surface area contributed by atoms with Gasteiger partial charge in [0, 0.05) is 57.9 Å². The number of benzene rings is 1. The Balaban J connectivity index is 1.26. The first kappa shape index (κ1) is 21.0. The second kappa shape index (κ2) is 8.93. The lowest BCUT2D eigenvalue weighted by Crippen LogP contribution is -2.52. The van der Waals surface area contributed by atoms with Crippen LogP contribution in [0, 0.1) is 0 Å². The van der Waals surface area contributed by atoms with Crippen molar-refractivity contribution in [2.45, 2.75) is 38.1 Å². The Labute approximate surface area is 193 Å². The molecule has 5 rings (SSSR count). The molecule has 0 unspecified atom stereocenters. The molecule has 0 atom stereocenters. The summed E-state index contributed by atoms with van der Waals surface area (Å²) in [7, 11) is 0. The van der Waals surface area contributed by atoms with Gasteiger partial charge in [-0.25, -0.2) is 9.97 Å². The lowest BCUT2D eigenvalue weighted by atomic mass is 9.91. The van der Waals surface area contributed by atoms with Gasteiger partial charge in [0.15, 0.2) is 0 Å². The second-order valence-electron chi connectivity index (χ2n) is 8.64. The number of amides is 1. The molecule has 6 nitrogen and oxygen atoms in total. The Morgan fingerprint density at radius 1 is 0.968 bits per heavy atom. The van der Waals surface area contributed by atoms with Gasteiger partial charge in [-0.1, -0.05) is 35.7 Å². The van der Waals surface area contributed by atoms with Crippen LogP contribution in [0.15, 0.2) is 24.4 Å². The van der Waals surface area contributed by atoms with E-state index in [9.17, 15) is 4.79 Å². The molecule has 0 N–H and O–H groups in total. The minimum atomic E-state index is -0.122. The molecule has 1 saturated heterocycles. The van der Waals surface area contributed by atoms with E-state index in [0.717, 1.165) is 55.8 Å². The van der Waals surface area contributed by atoms with Crippen molar-refractivity contribution < 1.29 is 4.79 Å². The molecular formula is C23H27Cl2N5O. The Morgan fingerprint density at radius 3 is 2.35 bits per heavy atom. The van der Waals surface area contributed by atoms with Crippen molar-refractivity contribution in [1.29, 1.82) is 0 Å². The average Bonchev–Trinajstić information content (AvgIpc) is 2.95. The van der Waals surface area contributed by atoms with E-state index in [-0.39, 0.29) is 5.91 Å². The highest BCUT2D eigenvalue weighted by Gasteiger charge is 2.29. The van der Waals surface area contributed by atoms with Crippen molar-refractivity contribution in [3.63, 3.8) is 0 Å². The fraction of sp³-hybridized carbons (Fsp3) is 0.522. The van der Waals surface area contributed by atoms with Crippen molar-refractivity contribution in [3.8, 4) is 0 Å². The molecule has 2 aromatic rings. The monoisotopic (exact) mass is 459 g/mol. The molecule has 0 radical (unpaired) electrons. The van der Waals surface area contributed by atoms with Crippen molar-refractivity contribution in [2.24, 2.45) is 0 Å². The molecule has 8 heteroatoms. The van der Waals surface area contributed by atoms with E-state index in [1.54, 1.807) is 18.2 Å². The molecule has 1 amide bonds. The van der Waals surface area contributed by atoms with E-state index in [0.29, 0.717) is 35.1 Å². The summed E-state index contributed by atoms with van der Waals surface area (Å²) in [5.74, 6) is 0.699. The highest BCUT2D eigenvalue weighted by Crippen LogP contribution is 2.28. The maximum atomic E-state index is 13.1. The lowest BCUT2D eigenvalue weighted by molar-refractivity contribution is 0.0763. The van der Waals surface area contributed by atoms with Crippen LogP contribution in [0.2, 0.25) is 10.0 Å². The molecule has 2 aliphatic heterocycles. The van der Waals surface area contributed by atoms with Gasteiger partial charge in [-0.15, -0.1) is 0 Å². The fourth-order valence-corrected chi connectivity index (χ4v) is 5.28. The molecule has 3 aliphatic rings. The topological polar surface area (TPSA) is 52.6 Å². The van der Waals surface area contributed by atoms with E-state index in [1.165, 1.54) is 19.3 Å². The highest BCUT2D eigenvalue weighted by atomic mass is 35.5. The van der Waals surface area contributed by atoms with Crippen LogP contribution in [0.3, 0.4) is 0 Å². The maximum Gasteiger partial charge on any atom is 0.256 e. The number of hydrogen-bond donors (Lipinski definition) is 0. The molecule has 164 valence electrons. The van der Waals surface area contributed by atoms with E-state index in [1.807, 2.05) is 11.1 Å². The summed E-state index contributed by atoms with van der Waals surface area (Å²) in [4.78, 5) is 29.4. The Hall–Kier alpha value is -1.89. The first-order valence-electron chi connectivity index (χ1n) is 11.2. The third-order valence-corrected chi connectivity index (χ3v) is 7.49. The van der Waals surface area contributed by atoms with E-state index in [2.05, 4.69) is 14.8 Å². The van der Waals surface area contributed by atoms with Gasteiger partial charge < -0.3 is 9.80 Å². The molecule has 0 spiro atoms. The summed E-state index contributed by atoms with van der Waals surface area (Å²) in [5, 5.41) is 0.782. The number of halogens is 2. The van der Waals surface area contributed by atoms with Gasteiger partial charge in [-0.2, -0.15) is 0 Å². The van der Waals surface area contributed by atoms with Crippen LogP contribution < -0.4 is 4.90 Å². The largest absolute Gasteiger partial charge is 0.338 e. The Bertz CT molecular complexity index is 952. The van der Waals surface area contributed by atoms with Crippen LogP contribution in [0.5, 0.6) is 0 Å². The Morgan fingerprint density at radius 2 is 1.68 bits per heavy atom. The van der Waals surface area contributed by atoms with Crippen molar-refractivity contribution in [1.82, 2.24) is 19.8 Å². The molecule has 31 heavy (non-hydrogen) atoms. The van der Waals surface area contributed by atoms with Crippen molar-refractivity contribution in [2.75, 3.05) is 44.2 Å². The quantitative estimate of drug-likeness (QED) is 0.700. The van der Waals surface area contributed by atoms with Crippen LogP contribution in [-0.2, 0) is 12.8 Å². The second-order valence-corrected chi connectivity index (χ2v) is 9.45. The fourth-order valence-electron chi connectivity index (χ4n) is 4.72. The van der Waals surface area contributed by atoms with Crippen molar-refractivity contribution in [3.05, 3.63) is 51.3 Å². The number of hydrogen-bond acceptors (Lipinski definition) is 5. The normalized spacial score (nSPS) is 20.2. The summed E-state index contributed by atoms with van der Waals surface area (Å²) >= 11 is 12.5. The molecule has 3 heterocycles. The van der Waals surface area contributed by atoms with E-state index >= 15 is 0 Å². The van der Waals surface area contributed by atoms with Gasteiger partial charge in [-0.05, 0) is 37.0 Å². The molecule has 1 saturated carbocycles. The zero-order valence-corrected chi connectivity index (χ0v) is 19.1. The van der Waals surface area contributed by atoms with Gasteiger partial charge in [0.25, 0.3) is 5.91 Å². The van der Waals surface area contributed by atoms with Gasteiger partial charge in [0.05, 0.1) is 21.3 Å². The smallest absolute Gasteiger partial charge is 0.256 e. The van der Waals surface area contributed by atoms with Crippen LogP contribution in [0.1, 0.15) is 40.9 Å². The molecule has 1 aromatic carbocycles. The zero-order valence-electron chi connectivity index (χ0n) is 17.6. The number of anilines is 1. The number of carbonyl (C=O) groups is 1. The summed E-state index contributed by atoms with van der Waals surface area (Å²) < 4.78 is 0. The minimum absolute atomic E-state index is 0.122. The van der Waals surface area contributed by atoms with Crippen LogP contribution in [0.25, 0.3) is 0 Å². The first-order chi connectivity index (χ1) is 15.1. The molecule has 2 fully saturated rings. The standard InChI is InChI=1S/C23H27Cl2N5O/c24-18-5-2-6-19(25)21(18)22(31)29-9-7-16-15-26-23(27-20(16)8-10-29)30-13-11-28(12-14-30)17-3-1-4-17/h2,5-6,15,17H,1,3-4,7-14H2. The van der Waals surface area contributed by atoms with Crippen LogP contribution in [-0.4, -0.2) is 71.0 Å². The van der Waals surface area contributed by atoms with Gasteiger partial charge in [0.1, 0.15) is 0 Å². The average molecular weight is 460 g/mol. The Kier molecular flexibility index (Phi) is 6.04. The number of piperazine rings is 1.